The Morgan fingerprint density at radius 1 is 0.826 bits per heavy atom. The monoisotopic (exact) mass is 333 g/mol. The van der Waals surface area contributed by atoms with Gasteiger partial charge in [-0.1, -0.05) is 82.9 Å². The molecule has 126 valence electrons. The van der Waals surface area contributed by atoms with Crippen LogP contribution in [0.4, 0.5) is 0 Å². The molecule has 0 aromatic heterocycles. The molecule has 3 nitrogen and oxygen atoms in total. The van der Waals surface area contributed by atoms with Crippen LogP contribution < -0.4 is 18.9 Å². The molecule has 1 aromatic rings. The van der Waals surface area contributed by atoms with Gasteiger partial charge in [-0.2, -0.15) is 8.42 Å². The van der Waals surface area contributed by atoms with Crippen LogP contribution in [0.5, 0.6) is 0 Å². The summed E-state index contributed by atoms with van der Waals surface area (Å²) in [5, 5.41) is 0. The van der Waals surface area contributed by atoms with Gasteiger partial charge in [-0.3, -0.25) is 4.55 Å². The van der Waals surface area contributed by atoms with Crippen LogP contribution in [0.15, 0.2) is 29.2 Å². The van der Waals surface area contributed by atoms with E-state index in [4.69, 9.17) is 0 Å². The van der Waals surface area contributed by atoms with E-state index >= 15 is 0 Å². The van der Waals surface area contributed by atoms with Crippen LogP contribution in [0, 0.1) is 0 Å². The van der Waals surface area contributed by atoms with Crippen LogP contribution in [0.1, 0.15) is 76.7 Å². The average Bonchev–Trinajstić information content (AvgIpc) is 2.48. The van der Waals surface area contributed by atoms with Crippen LogP contribution in [0.2, 0.25) is 0 Å². The van der Waals surface area contributed by atoms with Crippen LogP contribution in [-0.4, -0.2) is 13.0 Å². The third-order valence-electron chi connectivity index (χ3n) is 4.05. The Labute approximate surface area is 154 Å². The largest absolute Gasteiger partial charge is 1.00 e. The van der Waals surface area contributed by atoms with Crippen LogP contribution in [0.3, 0.4) is 0 Å². The van der Waals surface area contributed by atoms with Crippen LogP contribution in [-0.2, 0) is 16.5 Å². The summed E-state index contributed by atoms with van der Waals surface area (Å²) in [6.07, 6.45) is 13.3. The van der Waals surface area contributed by atoms with Crippen LogP contribution >= 0.6 is 0 Å². The fourth-order valence-corrected chi connectivity index (χ4v) is 3.52. The number of rotatable bonds is 12. The number of benzene rings is 1. The molecule has 0 bridgehead atoms. The summed E-state index contributed by atoms with van der Waals surface area (Å²) in [6, 6.07) is 6.73. The minimum absolute atomic E-state index is 0. The van der Waals surface area contributed by atoms with Crippen molar-refractivity contribution in [3.8, 4) is 0 Å². The van der Waals surface area contributed by atoms with Crippen molar-refractivity contribution in [3.63, 3.8) is 0 Å². The van der Waals surface area contributed by atoms with Gasteiger partial charge < -0.3 is 0 Å². The predicted octanol–water partition coefficient (Wildman–Crippen LogP) is 2.40. The van der Waals surface area contributed by atoms with Crippen molar-refractivity contribution >= 4 is 10.1 Å². The van der Waals surface area contributed by atoms with Gasteiger partial charge in [-0.05, 0) is 24.5 Å². The van der Waals surface area contributed by atoms with Gasteiger partial charge in [0.2, 0.25) is 0 Å². The van der Waals surface area contributed by atoms with Crippen molar-refractivity contribution in [1.29, 1.82) is 0 Å². The van der Waals surface area contributed by atoms with Gasteiger partial charge in [0.1, 0.15) is 0 Å². The molecule has 0 spiro atoms. The topological polar surface area (TPSA) is 54.4 Å². The second-order valence-corrected chi connectivity index (χ2v) is 7.40. The fourth-order valence-electron chi connectivity index (χ4n) is 2.76. The van der Waals surface area contributed by atoms with Crippen molar-refractivity contribution in [1.82, 2.24) is 0 Å². The van der Waals surface area contributed by atoms with E-state index in [1.165, 1.54) is 57.4 Å². The molecule has 0 fully saturated rings. The van der Waals surface area contributed by atoms with Gasteiger partial charge in [-0.25, -0.2) is 0 Å². The third kappa shape index (κ3) is 10.2. The molecule has 0 aliphatic heterocycles. The molecule has 5 heteroatoms. The van der Waals surface area contributed by atoms with E-state index in [-0.39, 0.29) is 23.8 Å². The van der Waals surface area contributed by atoms with Crippen molar-refractivity contribution in [3.05, 3.63) is 29.8 Å². The van der Waals surface area contributed by atoms with Crippen LogP contribution in [0.25, 0.3) is 0 Å². The maximum Gasteiger partial charge on any atom is 1.00 e. The van der Waals surface area contributed by atoms with Gasteiger partial charge in [0.05, 0.1) is 4.90 Å². The van der Waals surface area contributed by atoms with Gasteiger partial charge in [0.25, 0.3) is 10.1 Å². The summed E-state index contributed by atoms with van der Waals surface area (Å²) in [4.78, 5) is 0.0610. The van der Waals surface area contributed by atoms with Crippen molar-refractivity contribution in [2.75, 3.05) is 0 Å². The molecule has 23 heavy (non-hydrogen) atoms. The Bertz CT molecular complexity index is 515. The molecule has 0 atom stereocenters. The Hall–Kier alpha value is -0.273. The summed E-state index contributed by atoms with van der Waals surface area (Å²) in [6.45, 7) is 2.24. The first-order chi connectivity index (χ1) is 10.6. The molecule has 0 saturated heterocycles. The Kier molecular flexibility index (Phi) is 12.9. The normalized spacial score (nSPS) is 11.2. The van der Waals surface area contributed by atoms with E-state index in [1.54, 1.807) is 12.1 Å². The van der Waals surface area contributed by atoms with E-state index in [0.717, 1.165) is 18.4 Å². The molecule has 1 aromatic carbocycles. The number of aryl methyl sites for hydroxylation is 1. The first kappa shape index (κ1) is 22.7. The Morgan fingerprint density at radius 2 is 1.30 bits per heavy atom. The average molecular weight is 333 g/mol. The zero-order valence-electron chi connectivity index (χ0n) is 14.8. The molecule has 1 rings (SSSR count). The standard InChI is InChI=1S/C18H30O3S.Li/c1-2-3-4-5-6-7-8-9-10-11-14-17-15-12-13-16-18(17)22(19,20)21;/h12-13,15-16H,2-11,14H2,1H3,(H,19,20,21);/q;+1. The summed E-state index contributed by atoms with van der Waals surface area (Å²) >= 11 is 0. The molecule has 0 amide bonds. The number of hydrogen-bond acceptors (Lipinski definition) is 2. The first-order valence-corrected chi connectivity index (χ1v) is 10.0. The molecule has 0 aliphatic carbocycles. The summed E-state index contributed by atoms with van der Waals surface area (Å²) in [5.74, 6) is 0. The molecule has 1 N–H and O–H groups in total. The molecule has 0 radical (unpaired) electrons. The fraction of sp³-hybridized carbons (Fsp3) is 0.667. The summed E-state index contributed by atoms with van der Waals surface area (Å²) in [5.41, 5.74) is 0.726. The Morgan fingerprint density at radius 3 is 1.83 bits per heavy atom. The first-order valence-electron chi connectivity index (χ1n) is 8.61. The Balaban J connectivity index is 0.00000484. The van der Waals surface area contributed by atoms with Crippen molar-refractivity contribution in [2.24, 2.45) is 0 Å². The third-order valence-corrected chi connectivity index (χ3v) is 5.00. The van der Waals surface area contributed by atoms with E-state index < -0.39 is 10.1 Å². The van der Waals surface area contributed by atoms with Gasteiger partial charge >= 0.3 is 18.9 Å². The molecular formula is C18H30LiO3S+. The van der Waals surface area contributed by atoms with Gasteiger partial charge in [0, 0.05) is 0 Å². The second-order valence-electron chi connectivity index (χ2n) is 6.01. The molecule has 0 heterocycles. The van der Waals surface area contributed by atoms with E-state index in [2.05, 4.69) is 6.92 Å². The quantitative estimate of drug-likeness (QED) is 0.363. The maximum atomic E-state index is 11.3. The van der Waals surface area contributed by atoms with Gasteiger partial charge in [-0.15, -0.1) is 0 Å². The minimum atomic E-state index is -4.10. The molecular weight excluding hydrogens is 303 g/mol. The zero-order chi connectivity index (χ0) is 16.3. The predicted molar refractivity (Wildman–Crippen MR) is 91.8 cm³/mol. The smallest absolute Gasteiger partial charge is 0.282 e. The number of unbranched alkanes of at least 4 members (excludes halogenated alkanes) is 9. The SMILES string of the molecule is CCCCCCCCCCCCc1ccccc1S(=O)(=O)O.[Li+]. The van der Waals surface area contributed by atoms with Gasteiger partial charge in [0.15, 0.2) is 0 Å². The minimum Gasteiger partial charge on any atom is -0.282 e. The maximum absolute atomic E-state index is 11.3. The van der Waals surface area contributed by atoms with Crippen molar-refractivity contribution < 1.29 is 31.8 Å². The van der Waals surface area contributed by atoms with E-state index in [1.807, 2.05) is 6.07 Å². The summed E-state index contributed by atoms with van der Waals surface area (Å²) in [7, 11) is -4.10. The summed E-state index contributed by atoms with van der Waals surface area (Å²) < 4.78 is 31.8. The van der Waals surface area contributed by atoms with Crippen molar-refractivity contribution in [2.45, 2.75) is 82.4 Å². The number of hydrogen-bond donors (Lipinski definition) is 1. The van der Waals surface area contributed by atoms with E-state index in [9.17, 15) is 13.0 Å². The second kappa shape index (κ2) is 13.1. The molecule has 0 saturated carbocycles. The molecule has 0 aliphatic rings. The molecule has 0 unspecified atom stereocenters. The van der Waals surface area contributed by atoms with E-state index in [0.29, 0.717) is 6.42 Å². The zero-order valence-corrected chi connectivity index (χ0v) is 15.6.